The number of fused-ring (bicyclic) bond motifs is 1. The molecule has 0 aliphatic heterocycles. The molecular formula is C27H40N6O. The van der Waals surface area contributed by atoms with Crippen molar-refractivity contribution in [3.05, 3.63) is 51.1 Å². The normalized spacial score (nSPS) is 16.4. The van der Waals surface area contributed by atoms with Gasteiger partial charge in [-0.15, -0.1) is 5.10 Å². The molecule has 3 aromatic rings. The highest BCUT2D eigenvalue weighted by molar-refractivity contribution is 5.83. The number of aryl methyl sites for hydroxylation is 2. The molecule has 1 aliphatic rings. The van der Waals surface area contributed by atoms with Gasteiger partial charge < -0.3 is 4.98 Å². The Morgan fingerprint density at radius 1 is 1.15 bits per heavy atom. The quantitative estimate of drug-likeness (QED) is 0.472. The Kier molecular flexibility index (Phi) is 7.22. The van der Waals surface area contributed by atoms with E-state index < -0.39 is 0 Å². The van der Waals surface area contributed by atoms with E-state index >= 15 is 0 Å². The van der Waals surface area contributed by atoms with E-state index in [1.807, 2.05) is 4.68 Å². The van der Waals surface area contributed by atoms with E-state index in [2.05, 4.69) is 85.2 Å². The number of hydrogen-bond acceptors (Lipinski definition) is 5. The first-order valence-electron chi connectivity index (χ1n) is 12.9. The maximum Gasteiger partial charge on any atom is 0.252 e. The first-order valence-corrected chi connectivity index (χ1v) is 12.9. The maximum atomic E-state index is 13.2. The van der Waals surface area contributed by atoms with Gasteiger partial charge in [-0.05, 0) is 87.1 Å². The van der Waals surface area contributed by atoms with Gasteiger partial charge in [-0.3, -0.25) is 9.69 Å². The first kappa shape index (κ1) is 24.6. The molecule has 34 heavy (non-hydrogen) atoms. The van der Waals surface area contributed by atoms with Gasteiger partial charge in [-0.2, -0.15) is 0 Å². The minimum Gasteiger partial charge on any atom is -0.322 e. The van der Waals surface area contributed by atoms with Crippen LogP contribution in [-0.2, 0) is 12.1 Å². The van der Waals surface area contributed by atoms with E-state index in [1.54, 1.807) is 0 Å². The Morgan fingerprint density at radius 3 is 2.56 bits per heavy atom. The smallest absolute Gasteiger partial charge is 0.252 e. The average molecular weight is 465 g/mol. The fourth-order valence-corrected chi connectivity index (χ4v) is 5.48. The number of nitrogens with one attached hydrogen (secondary N) is 1. The molecule has 1 atom stereocenters. The Morgan fingerprint density at radius 2 is 1.88 bits per heavy atom. The first-order chi connectivity index (χ1) is 16.2. The summed E-state index contributed by atoms with van der Waals surface area (Å²) in [6, 6.07) is 6.81. The fourth-order valence-electron chi connectivity index (χ4n) is 5.48. The van der Waals surface area contributed by atoms with Crippen LogP contribution in [0.1, 0.15) is 101 Å². The second-order valence-corrected chi connectivity index (χ2v) is 10.7. The van der Waals surface area contributed by atoms with Crippen LogP contribution in [0.3, 0.4) is 0 Å². The highest BCUT2D eigenvalue weighted by Crippen LogP contribution is 2.34. The van der Waals surface area contributed by atoms with Crippen molar-refractivity contribution in [1.29, 1.82) is 0 Å². The Balaban J connectivity index is 1.78. The van der Waals surface area contributed by atoms with Crippen LogP contribution in [0.15, 0.2) is 23.0 Å². The molecule has 1 fully saturated rings. The van der Waals surface area contributed by atoms with Gasteiger partial charge in [0.2, 0.25) is 0 Å². The molecule has 0 unspecified atom stereocenters. The van der Waals surface area contributed by atoms with Gasteiger partial charge in [0.05, 0.1) is 11.6 Å². The van der Waals surface area contributed by atoms with Gasteiger partial charge in [-0.25, -0.2) is 4.68 Å². The van der Waals surface area contributed by atoms with Crippen LogP contribution >= 0.6 is 0 Å². The van der Waals surface area contributed by atoms with Crippen molar-refractivity contribution in [3.63, 3.8) is 0 Å². The number of tetrazole rings is 1. The van der Waals surface area contributed by atoms with E-state index in [-0.39, 0.29) is 17.1 Å². The summed E-state index contributed by atoms with van der Waals surface area (Å²) in [5.74, 6) is 0.906. The van der Waals surface area contributed by atoms with Crippen molar-refractivity contribution in [3.8, 4) is 0 Å². The molecule has 0 amide bonds. The van der Waals surface area contributed by atoms with Crippen molar-refractivity contribution < 1.29 is 0 Å². The van der Waals surface area contributed by atoms with Crippen molar-refractivity contribution in [2.24, 2.45) is 0 Å². The van der Waals surface area contributed by atoms with Gasteiger partial charge in [0.1, 0.15) is 0 Å². The molecule has 0 spiro atoms. The molecule has 1 saturated carbocycles. The van der Waals surface area contributed by atoms with Crippen LogP contribution in [0.5, 0.6) is 0 Å². The van der Waals surface area contributed by atoms with Crippen LogP contribution in [-0.4, -0.2) is 36.1 Å². The average Bonchev–Trinajstić information content (AvgIpc) is 3.30. The molecule has 0 bridgehead atoms. The highest BCUT2D eigenvalue weighted by Gasteiger charge is 2.34. The zero-order valence-corrected chi connectivity index (χ0v) is 21.7. The van der Waals surface area contributed by atoms with Crippen LogP contribution in [0.4, 0.5) is 0 Å². The maximum absolute atomic E-state index is 13.2. The van der Waals surface area contributed by atoms with Gasteiger partial charge >= 0.3 is 0 Å². The van der Waals surface area contributed by atoms with E-state index in [9.17, 15) is 4.79 Å². The minimum atomic E-state index is -0.167. The molecule has 0 radical (unpaired) electrons. The summed E-state index contributed by atoms with van der Waals surface area (Å²) in [6.45, 7) is 13.5. The lowest BCUT2D eigenvalue weighted by Crippen LogP contribution is -2.42. The fraction of sp³-hybridized carbons (Fsp3) is 0.630. The van der Waals surface area contributed by atoms with Gasteiger partial charge in [0.25, 0.3) is 5.56 Å². The Labute approximate surface area is 202 Å². The summed E-state index contributed by atoms with van der Waals surface area (Å²) in [4.78, 5) is 18.9. The molecule has 4 rings (SSSR count). The molecule has 1 aromatic carbocycles. The minimum absolute atomic E-state index is 0.00152. The Hall–Kier alpha value is -2.54. The molecule has 7 heteroatoms. The largest absolute Gasteiger partial charge is 0.322 e. The van der Waals surface area contributed by atoms with E-state index in [0.717, 1.165) is 53.5 Å². The number of hydrogen-bond donors (Lipinski definition) is 1. The van der Waals surface area contributed by atoms with Gasteiger partial charge in [-0.1, -0.05) is 39.2 Å². The third-order valence-electron chi connectivity index (χ3n) is 7.80. The van der Waals surface area contributed by atoms with E-state index in [0.29, 0.717) is 12.6 Å². The molecule has 2 heterocycles. The van der Waals surface area contributed by atoms with Crippen molar-refractivity contribution in [2.75, 3.05) is 0 Å². The summed E-state index contributed by atoms with van der Waals surface area (Å²) in [5, 5.41) is 14.1. The van der Waals surface area contributed by atoms with Gasteiger partial charge in [0.15, 0.2) is 5.82 Å². The predicted octanol–water partition coefficient (Wildman–Crippen LogP) is 5.56. The van der Waals surface area contributed by atoms with Crippen LogP contribution in [0.25, 0.3) is 10.9 Å². The third-order valence-corrected chi connectivity index (χ3v) is 7.80. The molecular weight excluding hydrogens is 424 g/mol. The van der Waals surface area contributed by atoms with Crippen LogP contribution < -0.4 is 5.56 Å². The summed E-state index contributed by atoms with van der Waals surface area (Å²) in [5.41, 5.74) is 3.92. The summed E-state index contributed by atoms with van der Waals surface area (Å²) in [6.07, 6.45) is 7.88. The zero-order valence-electron chi connectivity index (χ0n) is 21.7. The number of aromatic nitrogens is 5. The summed E-state index contributed by atoms with van der Waals surface area (Å²) < 4.78 is 2.01. The third kappa shape index (κ3) is 4.81. The number of H-pyrrole nitrogens is 1. The molecule has 2 aromatic heterocycles. The summed E-state index contributed by atoms with van der Waals surface area (Å²) in [7, 11) is 0. The van der Waals surface area contributed by atoms with Crippen molar-refractivity contribution in [1.82, 2.24) is 30.1 Å². The number of nitrogens with zero attached hydrogens (tertiary/aromatic N) is 5. The van der Waals surface area contributed by atoms with Crippen molar-refractivity contribution >= 4 is 10.9 Å². The van der Waals surface area contributed by atoms with Crippen molar-refractivity contribution in [2.45, 2.75) is 111 Å². The standard InChI is InChI=1S/C27H40N6O/c1-7-24(25-29-30-31-33(25)27(5,6)8-2)32(21-12-10-9-11-13-21)17-20-16-22-19(4)14-18(3)15-23(22)28-26(20)34/h14-16,21,24H,7-13,17H2,1-6H3,(H,28,34)/t24-/m0/s1. The molecule has 184 valence electrons. The number of aromatic amines is 1. The van der Waals surface area contributed by atoms with E-state index in [4.69, 9.17) is 0 Å². The Bertz CT molecular complexity index is 1190. The highest BCUT2D eigenvalue weighted by atomic mass is 16.1. The molecule has 0 saturated heterocycles. The van der Waals surface area contributed by atoms with Gasteiger partial charge in [0, 0.05) is 29.1 Å². The predicted molar refractivity (Wildman–Crippen MR) is 137 cm³/mol. The lowest BCUT2D eigenvalue weighted by molar-refractivity contribution is 0.0801. The molecule has 1 N–H and O–H groups in total. The number of rotatable bonds is 8. The second kappa shape index (κ2) is 9.98. The zero-order chi connectivity index (χ0) is 24.5. The lowest BCUT2D eigenvalue weighted by atomic mass is 9.91. The molecule has 7 nitrogen and oxygen atoms in total. The van der Waals surface area contributed by atoms with E-state index in [1.165, 1.54) is 24.8 Å². The summed E-state index contributed by atoms with van der Waals surface area (Å²) >= 11 is 0. The lowest BCUT2D eigenvalue weighted by Gasteiger charge is -2.40. The topological polar surface area (TPSA) is 79.7 Å². The van der Waals surface area contributed by atoms with Crippen LogP contribution in [0, 0.1) is 13.8 Å². The van der Waals surface area contributed by atoms with Crippen LogP contribution in [0.2, 0.25) is 0 Å². The monoisotopic (exact) mass is 464 g/mol. The molecule has 1 aliphatic carbocycles. The number of benzene rings is 1. The number of pyridine rings is 1. The SMILES string of the molecule is CC[C@@H](c1nnnn1C(C)(C)CC)N(Cc1cc2c(C)cc(C)cc2[nH]c1=O)C1CCCCC1. The second-order valence-electron chi connectivity index (χ2n) is 10.7.